The molecule has 4 amide bonds. The van der Waals surface area contributed by atoms with Gasteiger partial charge in [-0.25, -0.2) is 4.90 Å². The second-order valence-electron chi connectivity index (χ2n) is 13.6. The lowest BCUT2D eigenvalue weighted by Gasteiger charge is -2.50. The molecule has 6 unspecified atom stereocenters. The minimum absolute atomic E-state index is 0.113. The molecular weight excluding hydrogens is 652 g/mol. The maximum absolute atomic E-state index is 15.3. The Morgan fingerprint density at radius 2 is 1.58 bits per heavy atom. The molecule has 9 heteroatoms. The van der Waals surface area contributed by atoms with Crippen LogP contribution in [-0.2, 0) is 31.0 Å². The molecule has 0 radical (unpaired) electrons. The molecule has 2 aliphatic carbocycles. The van der Waals surface area contributed by atoms with Crippen LogP contribution < -0.4 is 14.5 Å². The Morgan fingerprint density at radius 1 is 0.820 bits per heavy atom. The molecule has 1 N–H and O–H groups in total. The van der Waals surface area contributed by atoms with Crippen LogP contribution in [0.3, 0.4) is 0 Å². The first kappa shape index (κ1) is 32.0. The summed E-state index contributed by atoms with van der Waals surface area (Å²) in [6.07, 6.45) is 3.32. The number of benzene rings is 4. The van der Waals surface area contributed by atoms with Crippen LogP contribution in [0.2, 0.25) is 5.02 Å². The molecule has 0 aromatic heterocycles. The summed E-state index contributed by atoms with van der Waals surface area (Å²) in [5.41, 5.74) is 2.62. The lowest BCUT2D eigenvalue weighted by atomic mass is 9.49. The molecule has 6 atom stereocenters. The number of methoxy groups -OCH3 is 1. The lowest BCUT2D eigenvalue weighted by molar-refractivity contribution is -0.127. The van der Waals surface area contributed by atoms with Crippen LogP contribution >= 0.6 is 11.6 Å². The van der Waals surface area contributed by atoms with Crippen molar-refractivity contribution in [3.05, 3.63) is 130 Å². The number of carbonyl (C=O) groups is 4. The Labute approximate surface area is 294 Å². The minimum Gasteiger partial charge on any atom is -0.504 e. The van der Waals surface area contributed by atoms with Gasteiger partial charge in [-0.3, -0.25) is 24.1 Å². The van der Waals surface area contributed by atoms with E-state index in [0.717, 1.165) is 17.6 Å². The first-order valence-corrected chi connectivity index (χ1v) is 17.3. The van der Waals surface area contributed by atoms with Gasteiger partial charge in [-0.2, -0.15) is 0 Å². The standard InChI is InChI=1S/C41H35ClN2O6/c1-3-23-12-15-27(16-13-23)43-37(46)30-18-17-29-31(35(30)39(43)48)22-32-38(47)44(28-11-7-10-26(42)21-28)40(49)41(32,25-8-5-4-6-9-25)36(29)24-14-19-34(50-2)33(45)20-24/h4-17,19-21,30-32,35-36,45H,3,18,22H2,1-2H3. The zero-order chi connectivity index (χ0) is 34.9. The summed E-state index contributed by atoms with van der Waals surface area (Å²) in [5, 5.41) is 11.5. The maximum atomic E-state index is 15.3. The molecule has 4 aromatic carbocycles. The third kappa shape index (κ3) is 4.51. The largest absolute Gasteiger partial charge is 0.504 e. The van der Waals surface area contributed by atoms with Crippen molar-refractivity contribution >= 4 is 46.6 Å². The maximum Gasteiger partial charge on any atom is 0.246 e. The van der Waals surface area contributed by atoms with Gasteiger partial charge in [0.2, 0.25) is 23.6 Å². The molecule has 2 saturated heterocycles. The lowest BCUT2D eigenvalue weighted by Crippen LogP contribution is -2.53. The Bertz CT molecular complexity index is 2100. The van der Waals surface area contributed by atoms with Crippen molar-refractivity contribution in [1.29, 1.82) is 0 Å². The highest BCUT2D eigenvalue weighted by atomic mass is 35.5. The number of phenolic OH excluding ortho intramolecular Hbond substituents is 1. The number of nitrogens with zero attached hydrogens (tertiary/aromatic N) is 2. The molecule has 8 rings (SSSR count). The van der Waals surface area contributed by atoms with E-state index in [1.807, 2.05) is 73.7 Å². The predicted molar refractivity (Wildman–Crippen MR) is 189 cm³/mol. The number of hydrogen-bond acceptors (Lipinski definition) is 6. The summed E-state index contributed by atoms with van der Waals surface area (Å²) >= 11 is 6.39. The first-order chi connectivity index (χ1) is 24.2. The van der Waals surface area contributed by atoms with Crippen LogP contribution in [0, 0.1) is 23.7 Å². The summed E-state index contributed by atoms with van der Waals surface area (Å²) < 4.78 is 5.37. The number of hydrogen-bond donors (Lipinski definition) is 1. The number of anilines is 2. The van der Waals surface area contributed by atoms with Gasteiger partial charge >= 0.3 is 0 Å². The van der Waals surface area contributed by atoms with Gasteiger partial charge in [0.25, 0.3) is 0 Å². The molecule has 0 bridgehead atoms. The quantitative estimate of drug-likeness (QED) is 0.173. The zero-order valence-corrected chi connectivity index (χ0v) is 28.3. The van der Waals surface area contributed by atoms with E-state index in [4.69, 9.17) is 16.3 Å². The fourth-order valence-electron chi connectivity index (χ4n) is 9.14. The number of imide groups is 2. The molecule has 252 valence electrons. The van der Waals surface area contributed by atoms with Gasteiger partial charge in [-0.05, 0) is 84.3 Å². The van der Waals surface area contributed by atoms with Gasteiger partial charge in [-0.15, -0.1) is 0 Å². The number of amides is 4. The fourth-order valence-corrected chi connectivity index (χ4v) is 9.33. The normalized spacial score (nSPS) is 27.2. The summed E-state index contributed by atoms with van der Waals surface area (Å²) in [7, 11) is 1.46. The Balaban J connectivity index is 1.34. The van der Waals surface area contributed by atoms with E-state index in [1.165, 1.54) is 16.9 Å². The third-order valence-corrected chi connectivity index (χ3v) is 11.5. The minimum atomic E-state index is -1.43. The number of aryl methyl sites for hydroxylation is 1. The van der Waals surface area contributed by atoms with Crippen molar-refractivity contribution in [2.75, 3.05) is 16.9 Å². The summed E-state index contributed by atoms with van der Waals surface area (Å²) in [4.78, 5) is 61.2. The third-order valence-electron chi connectivity index (χ3n) is 11.3. The monoisotopic (exact) mass is 686 g/mol. The number of allylic oxidation sites excluding steroid dienone is 2. The van der Waals surface area contributed by atoms with Crippen molar-refractivity contribution in [3.8, 4) is 11.5 Å². The number of carbonyl (C=O) groups excluding carboxylic acids is 4. The number of aromatic hydroxyl groups is 1. The highest BCUT2D eigenvalue weighted by Crippen LogP contribution is 2.64. The summed E-state index contributed by atoms with van der Waals surface area (Å²) in [6.45, 7) is 2.04. The number of phenols is 1. The Hall–Kier alpha value is -5.21. The average Bonchev–Trinajstić information content (AvgIpc) is 3.52. The molecule has 2 aliphatic heterocycles. The predicted octanol–water partition coefficient (Wildman–Crippen LogP) is 6.98. The summed E-state index contributed by atoms with van der Waals surface area (Å²) in [6, 6.07) is 28.5. The Morgan fingerprint density at radius 3 is 2.26 bits per heavy atom. The van der Waals surface area contributed by atoms with Crippen LogP contribution in [0.15, 0.2) is 109 Å². The van der Waals surface area contributed by atoms with Crippen molar-refractivity contribution in [1.82, 2.24) is 0 Å². The second-order valence-corrected chi connectivity index (χ2v) is 14.0. The van der Waals surface area contributed by atoms with E-state index in [-0.39, 0.29) is 29.7 Å². The molecule has 0 spiro atoms. The van der Waals surface area contributed by atoms with Gasteiger partial charge in [0.05, 0.1) is 41.7 Å². The molecule has 2 heterocycles. The van der Waals surface area contributed by atoms with Crippen LogP contribution in [0.25, 0.3) is 0 Å². The second kappa shape index (κ2) is 12.0. The van der Waals surface area contributed by atoms with Crippen molar-refractivity contribution in [3.63, 3.8) is 0 Å². The molecule has 1 saturated carbocycles. The molecular formula is C41H35ClN2O6. The van der Waals surface area contributed by atoms with Crippen molar-refractivity contribution < 1.29 is 29.0 Å². The highest BCUT2D eigenvalue weighted by Gasteiger charge is 2.70. The number of ether oxygens (including phenoxy) is 1. The van der Waals surface area contributed by atoms with E-state index in [9.17, 15) is 19.5 Å². The highest BCUT2D eigenvalue weighted by molar-refractivity contribution is 6.32. The molecule has 4 aliphatic rings. The zero-order valence-electron chi connectivity index (χ0n) is 27.6. The molecule has 8 nitrogen and oxygen atoms in total. The van der Waals surface area contributed by atoms with Crippen LogP contribution in [0.4, 0.5) is 11.4 Å². The topological polar surface area (TPSA) is 104 Å². The van der Waals surface area contributed by atoms with Crippen LogP contribution in [-0.4, -0.2) is 35.8 Å². The number of rotatable bonds is 6. The van der Waals surface area contributed by atoms with E-state index < -0.39 is 46.8 Å². The van der Waals surface area contributed by atoms with E-state index >= 15 is 4.79 Å². The molecule has 50 heavy (non-hydrogen) atoms. The smallest absolute Gasteiger partial charge is 0.246 e. The SMILES string of the molecule is CCc1ccc(N2C(=O)C3CC=C4C(CC5C(=O)N(c6cccc(Cl)c6)C(=O)C5(c5ccccc5)C4c4ccc(OC)c(O)c4)C3C2=O)cc1. The summed E-state index contributed by atoms with van der Waals surface area (Å²) in [5.74, 6) is -4.70. The number of halogens is 1. The molecule has 4 aromatic rings. The Kier molecular flexibility index (Phi) is 7.68. The average molecular weight is 687 g/mol. The van der Waals surface area contributed by atoms with Gasteiger partial charge in [0.1, 0.15) is 0 Å². The molecule has 3 fully saturated rings. The van der Waals surface area contributed by atoms with Gasteiger partial charge in [-0.1, -0.05) is 84.8 Å². The van der Waals surface area contributed by atoms with E-state index in [2.05, 4.69) is 0 Å². The fraction of sp³-hybridized carbons (Fsp3) is 0.268. The van der Waals surface area contributed by atoms with Crippen molar-refractivity contribution in [2.24, 2.45) is 23.7 Å². The van der Waals surface area contributed by atoms with Crippen molar-refractivity contribution in [2.45, 2.75) is 37.5 Å². The number of fused-ring (bicyclic) bond motifs is 4. The van der Waals surface area contributed by atoms with Crippen LogP contribution in [0.1, 0.15) is 42.4 Å². The van der Waals surface area contributed by atoms with Gasteiger partial charge in [0, 0.05) is 10.9 Å². The van der Waals surface area contributed by atoms with Gasteiger partial charge < -0.3 is 9.84 Å². The first-order valence-electron chi connectivity index (χ1n) is 16.9. The van der Waals surface area contributed by atoms with E-state index in [1.54, 1.807) is 36.4 Å². The van der Waals surface area contributed by atoms with Crippen LogP contribution in [0.5, 0.6) is 11.5 Å². The van der Waals surface area contributed by atoms with Gasteiger partial charge in [0.15, 0.2) is 11.5 Å². The van der Waals surface area contributed by atoms with E-state index in [0.29, 0.717) is 33.9 Å².